The molecule has 1 saturated heterocycles. The number of carbonyl (C=O) groups is 1. The van der Waals surface area contributed by atoms with Gasteiger partial charge in [-0.1, -0.05) is 13.8 Å². The smallest absolute Gasteiger partial charge is 0.138 e. The molecule has 2 fully saturated rings. The van der Waals surface area contributed by atoms with E-state index >= 15 is 0 Å². The molecule has 2 aliphatic rings. The second-order valence-electron chi connectivity index (χ2n) is 5.08. The quantitative estimate of drug-likeness (QED) is 0.678. The van der Waals surface area contributed by atoms with Gasteiger partial charge < -0.3 is 4.74 Å². The summed E-state index contributed by atoms with van der Waals surface area (Å²) in [6.07, 6.45) is 4.28. The van der Waals surface area contributed by atoms with Crippen molar-refractivity contribution in [1.82, 2.24) is 0 Å². The first-order valence-electron chi connectivity index (χ1n) is 5.83. The Morgan fingerprint density at radius 1 is 1.43 bits per heavy atom. The number of carbonyl (C=O) groups excluding carboxylic acids is 1. The van der Waals surface area contributed by atoms with E-state index in [-0.39, 0.29) is 12.0 Å². The van der Waals surface area contributed by atoms with E-state index in [0.29, 0.717) is 17.6 Å². The van der Waals surface area contributed by atoms with Crippen molar-refractivity contribution in [3.8, 4) is 0 Å². The molecular weight excluding hydrogens is 176 g/mol. The van der Waals surface area contributed by atoms with E-state index in [4.69, 9.17) is 4.74 Å². The second kappa shape index (κ2) is 4.01. The van der Waals surface area contributed by atoms with Gasteiger partial charge in [0.25, 0.3) is 0 Å². The number of hydrogen-bond acceptors (Lipinski definition) is 2. The normalized spacial score (nSPS) is 38.5. The molecule has 14 heavy (non-hydrogen) atoms. The molecule has 80 valence electrons. The molecule has 0 aromatic rings. The molecule has 2 nitrogen and oxygen atoms in total. The third-order valence-electron chi connectivity index (χ3n) is 3.80. The molecule has 1 aliphatic heterocycles. The molecule has 0 bridgehead atoms. The lowest BCUT2D eigenvalue weighted by molar-refractivity contribution is -0.124. The standard InChI is InChI=1S/C12H20O2/c1-8(2)9-6-12(14-7-9)10-4-3-5-11(10)13/h8-10,12H,3-7H2,1-2H3. The fourth-order valence-corrected chi connectivity index (χ4v) is 2.66. The Bertz CT molecular complexity index is 222. The summed E-state index contributed by atoms with van der Waals surface area (Å²) >= 11 is 0. The first kappa shape index (κ1) is 10.2. The maximum atomic E-state index is 11.6. The lowest BCUT2D eigenvalue weighted by Crippen LogP contribution is -2.23. The molecule has 1 saturated carbocycles. The molecule has 1 aliphatic carbocycles. The lowest BCUT2D eigenvalue weighted by Gasteiger charge is -2.16. The topological polar surface area (TPSA) is 26.3 Å². The summed E-state index contributed by atoms with van der Waals surface area (Å²) in [4.78, 5) is 11.6. The largest absolute Gasteiger partial charge is 0.377 e. The second-order valence-corrected chi connectivity index (χ2v) is 5.08. The van der Waals surface area contributed by atoms with Gasteiger partial charge >= 0.3 is 0 Å². The molecular formula is C12H20O2. The van der Waals surface area contributed by atoms with Crippen molar-refractivity contribution >= 4 is 5.78 Å². The summed E-state index contributed by atoms with van der Waals surface area (Å²) in [5.41, 5.74) is 0. The Morgan fingerprint density at radius 3 is 2.71 bits per heavy atom. The first-order valence-corrected chi connectivity index (χ1v) is 5.83. The zero-order valence-electron chi connectivity index (χ0n) is 9.16. The summed E-state index contributed by atoms with van der Waals surface area (Å²) in [6.45, 7) is 5.35. The SMILES string of the molecule is CC(C)C1COC(C2CCCC2=O)C1. The summed E-state index contributed by atoms with van der Waals surface area (Å²) in [5, 5.41) is 0. The summed E-state index contributed by atoms with van der Waals surface area (Å²) in [6, 6.07) is 0. The van der Waals surface area contributed by atoms with E-state index in [0.717, 1.165) is 32.3 Å². The molecule has 0 spiro atoms. The van der Waals surface area contributed by atoms with E-state index in [1.165, 1.54) is 0 Å². The van der Waals surface area contributed by atoms with Gasteiger partial charge in [0.2, 0.25) is 0 Å². The number of ketones is 1. The van der Waals surface area contributed by atoms with Crippen molar-refractivity contribution in [2.75, 3.05) is 6.61 Å². The maximum absolute atomic E-state index is 11.6. The van der Waals surface area contributed by atoms with Crippen LogP contribution < -0.4 is 0 Å². The van der Waals surface area contributed by atoms with E-state index < -0.39 is 0 Å². The van der Waals surface area contributed by atoms with Crippen LogP contribution in [0.1, 0.15) is 39.5 Å². The van der Waals surface area contributed by atoms with Gasteiger partial charge in [0.15, 0.2) is 0 Å². The van der Waals surface area contributed by atoms with Crippen molar-refractivity contribution in [3.05, 3.63) is 0 Å². The van der Waals surface area contributed by atoms with Gasteiger partial charge in [0, 0.05) is 12.3 Å². The van der Waals surface area contributed by atoms with Crippen LogP contribution in [-0.2, 0) is 9.53 Å². The summed E-state index contributed by atoms with van der Waals surface area (Å²) in [7, 11) is 0. The van der Waals surface area contributed by atoms with Gasteiger partial charge in [-0.2, -0.15) is 0 Å². The van der Waals surface area contributed by atoms with Crippen molar-refractivity contribution < 1.29 is 9.53 Å². The molecule has 0 aromatic carbocycles. The number of ether oxygens (including phenoxy) is 1. The van der Waals surface area contributed by atoms with Crippen LogP contribution in [0.3, 0.4) is 0 Å². The van der Waals surface area contributed by atoms with Gasteiger partial charge in [-0.25, -0.2) is 0 Å². The Balaban J connectivity index is 1.92. The van der Waals surface area contributed by atoms with E-state index in [1.54, 1.807) is 0 Å². The number of Topliss-reactive ketones (excluding diaryl/α,β-unsaturated/α-hetero) is 1. The van der Waals surface area contributed by atoms with Crippen molar-refractivity contribution in [3.63, 3.8) is 0 Å². The Labute approximate surface area is 86.0 Å². The summed E-state index contributed by atoms with van der Waals surface area (Å²) < 4.78 is 5.76. The molecule has 0 amide bonds. The molecule has 3 atom stereocenters. The highest BCUT2D eigenvalue weighted by molar-refractivity contribution is 5.83. The number of hydrogen-bond donors (Lipinski definition) is 0. The van der Waals surface area contributed by atoms with E-state index in [1.807, 2.05) is 0 Å². The van der Waals surface area contributed by atoms with Gasteiger partial charge in [-0.05, 0) is 31.1 Å². The highest BCUT2D eigenvalue weighted by Crippen LogP contribution is 2.35. The molecule has 0 radical (unpaired) electrons. The minimum Gasteiger partial charge on any atom is -0.377 e. The van der Waals surface area contributed by atoms with Crippen molar-refractivity contribution in [2.45, 2.75) is 45.6 Å². The molecule has 3 unspecified atom stereocenters. The average Bonchev–Trinajstić information content (AvgIpc) is 2.71. The van der Waals surface area contributed by atoms with Crippen LogP contribution in [0.5, 0.6) is 0 Å². The third kappa shape index (κ3) is 1.85. The fourth-order valence-electron chi connectivity index (χ4n) is 2.66. The van der Waals surface area contributed by atoms with Gasteiger partial charge in [0.05, 0.1) is 12.7 Å². The van der Waals surface area contributed by atoms with Crippen LogP contribution in [-0.4, -0.2) is 18.5 Å². The Kier molecular flexibility index (Phi) is 2.91. The average molecular weight is 196 g/mol. The van der Waals surface area contributed by atoms with Gasteiger partial charge in [0.1, 0.15) is 5.78 Å². The molecule has 2 heteroatoms. The fraction of sp³-hybridized carbons (Fsp3) is 0.917. The van der Waals surface area contributed by atoms with E-state index in [2.05, 4.69) is 13.8 Å². The van der Waals surface area contributed by atoms with Gasteiger partial charge in [-0.3, -0.25) is 4.79 Å². The first-order chi connectivity index (χ1) is 6.68. The predicted molar refractivity (Wildman–Crippen MR) is 55.0 cm³/mol. The predicted octanol–water partition coefficient (Wildman–Crippen LogP) is 2.42. The minimum atomic E-state index is 0.235. The van der Waals surface area contributed by atoms with Crippen LogP contribution in [0, 0.1) is 17.8 Å². The molecule has 0 aromatic heterocycles. The zero-order valence-corrected chi connectivity index (χ0v) is 9.16. The zero-order chi connectivity index (χ0) is 10.1. The maximum Gasteiger partial charge on any atom is 0.138 e. The highest BCUT2D eigenvalue weighted by atomic mass is 16.5. The van der Waals surface area contributed by atoms with Crippen LogP contribution in [0.25, 0.3) is 0 Å². The van der Waals surface area contributed by atoms with Crippen LogP contribution in [0.4, 0.5) is 0 Å². The monoisotopic (exact) mass is 196 g/mol. The third-order valence-corrected chi connectivity index (χ3v) is 3.80. The Morgan fingerprint density at radius 2 is 2.21 bits per heavy atom. The Hall–Kier alpha value is -0.370. The minimum absolute atomic E-state index is 0.235. The van der Waals surface area contributed by atoms with Crippen molar-refractivity contribution in [2.24, 2.45) is 17.8 Å². The van der Waals surface area contributed by atoms with Crippen LogP contribution >= 0.6 is 0 Å². The van der Waals surface area contributed by atoms with Crippen LogP contribution in [0.2, 0.25) is 0 Å². The molecule has 2 rings (SSSR count). The lowest BCUT2D eigenvalue weighted by atomic mass is 9.88. The number of rotatable bonds is 2. The summed E-state index contributed by atoms with van der Waals surface area (Å²) in [5.74, 6) is 2.04. The molecule has 1 heterocycles. The van der Waals surface area contributed by atoms with Crippen LogP contribution in [0.15, 0.2) is 0 Å². The highest BCUT2D eigenvalue weighted by Gasteiger charge is 2.38. The van der Waals surface area contributed by atoms with Gasteiger partial charge in [-0.15, -0.1) is 0 Å². The van der Waals surface area contributed by atoms with E-state index in [9.17, 15) is 4.79 Å². The van der Waals surface area contributed by atoms with Crippen molar-refractivity contribution in [1.29, 1.82) is 0 Å². The molecule has 0 N–H and O–H groups in total.